The zero-order valence-corrected chi connectivity index (χ0v) is 14.2. The van der Waals surface area contributed by atoms with Crippen molar-refractivity contribution in [3.8, 4) is 0 Å². The van der Waals surface area contributed by atoms with Gasteiger partial charge in [0.25, 0.3) is 0 Å². The Morgan fingerprint density at radius 2 is 1.71 bits per heavy atom. The number of piperidine rings is 2. The molecular formula is C18H37N3. The van der Waals surface area contributed by atoms with Crippen molar-refractivity contribution in [2.24, 2.45) is 11.7 Å². The third-order valence-electron chi connectivity index (χ3n) is 5.70. The number of hydrogen-bond donors (Lipinski definition) is 1. The topological polar surface area (TPSA) is 32.5 Å². The molecule has 0 bridgehead atoms. The molecule has 0 spiro atoms. The summed E-state index contributed by atoms with van der Waals surface area (Å²) in [5, 5.41) is 0. The van der Waals surface area contributed by atoms with Gasteiger partial charge in [-0.3, -0.25) is 0 Å². The van der Waals surface area contributed by atoms with Crippen molar-refractivity contribution in [3.63, 3.8) is 0 Å². The normalized spacial score (nSPS) is 24.3. The van der Waals surface area contributed by atoms with Crippen molar-refractivity contribution in [1.82, 2.24) is 9.80 Å². The van der Waals surface area contributed by atoms with E-state index >= 15 is 0 Å². The molecular weight excluding hydrogens is 258 g/mol. The van der Waals surface area contributed by atoms with Crippen LogP contribution < -0.4 is 5.73 Å². The molecule has 2 heterocycles. The summed E-state index contributed by atoms with van der Waals surface area (Å²) in [4.78, 5) is 5.48. The van der Waals surface area contributed by atoms with Crippen molar-refractivity contribution in [2.45, 2.75) is 70.8 Å². The molecule has 2 rings (SSSR count). The molecule has 2 aliphatic rings. The second kappa shape index (κ2) is 9.81. The minimum absolute atomic E-state index is 0.861. The number of nitrogens with zero attached hydrogens (tertiary/aromatic N) is 2. The summed E-state index contributed by atoms with van der Waals surface area (Å²) in [6, 6.07) is 0.891. The van der Waals surface area contributed by atoms with Gasteiger partial charge in [0.05, 0.1) is 0 Å². The van der Waals surface area contributed by atoms with Crippen LogP contribution in [0.4, 0.5) is 0 Å². The lowest BCUT2D eigenvalue weighted by atomic mass is 9.96. The van der Waals surface area contributed by atoms with Gasteiger partial charge in [-0.05, 0) is 90.1 Å². The van der Waals surface area contributed by atoms with Gasteiger partial charge < -0.3 is 15.5 Å². The van der Waals surface area contributed by atoms with E-state index in [0.29, 0.717) is 0 Å². The highest BCUT2D eigenvalue weighted by Crippen LogP contribution is 2.21. The molecule has 124 valence electrons. The standard InChI is InChI=1S/C18H37N3/c1-2-17(8-11-19)7-6-12-20-15-9-18(10-16-20)21-13-4-3-5-14-21/h17-18H,2-16,19H2,1H3. The summed E-state index contributed by atoms with van der Waals surface area (Å²) in [6.45, 7) is 9.87. The molecule has 0 radical (unpaired) electrons. The van der Waals surface area contributed by atoms with Crippen LogP contribution in [0.15, 0.2) is 0 Å². The first-order chi connectivity index (χ1) is 10.3. The van der Waals surface area contributed by atoms with Crippen molar-refractivity contribution in [1.29, 1.82) is 0 Å². The Balaban J connectivity index is 1.58. The number of nitrogens with two attached hydrogens (primary N) is 1. The molecule has 0 saturated carbocycles. The lowest BCUT2D eigenvalue weighted by Crippen LogP contribution is -2.46. The third kappa shape index (κ3) is 5.88. The van der Waals surface area contributed by atoms with E-state index in [1.165, 1.54) is 90.5 Å². The zero-order chi connectivity index (χ0) is 14.9. The van der Waals surface area contributed by atoms with Crippen LogP contribution in [-0.2, 0) is 0 Å². The molecule has 0 aliphatic carbocycles. The van der Waals surface area contributed by atoms with Gasteiger partial charge in [-0.2, -0.15) is 0 Å². The van der Waals surface area contributed by atoms with Crippen molar-refractivity contribution < 1.29 is 0 Å². The van der Waals surface area contributed by atoms with Gasteiger partial charge in [0.15, 0.2) is 0 Å². The van der Waals surface area contributed by atoms with Gasteiger partial charge in [-0.25, -0.2) is 0 Å². The first kappa shape index (κ1) is 17.2. The maximum absolute atomic E-state index is 5.69. The molecule has 2 N–H and O–H groups in total. The van der Waals surface area contributed by atoms with Crippen molar-refractivity contribution in [2.75, 3.05) is 39.3 Å². The van der Waals surface area contributed by atoms with Gasteiger partial charge in [0.1, 0.15) is 0 Å². The maximum Gasteiger partial charge on any atom is 0.0120 e. The number of hydrogen-bond acceptors (Lipinski definition) is 3. The first-order valence-electron chi connectivity index (χ1n) is 9.50. The van der Waals surface area contributed by atoms with Gasteiger partial charge in [0, 0.05) is 6.04 Å². The quantitative estimate of drug-likeness (QED) is 0.747. The van der Waals surface area contributed by atoms with Gasteiger partial charge in [-0.15, -0.1) is 0 Å². The minimum Gasteiger partial charge on any atom is -0.330 e. The van der Waals surface area contributed by atoms with E-state index in [0.717, 1.165) is 18.5 Å². The molecule has 3 nitrogen and oxygen atoms in total. The van der Waals surface area contributed by atoms with Crippen molar-refractivity contribution >= 4 is 0 Å². The Morgan fingerprint density at radius 3 is 2.33 bits per heavy atom. The second-order valence-corrected chi connectivity index (χ2v) is 7.16. The van der Waals surface area contributed by atoms with Crippen LogP contribution in [-0.4, -0.2) is 55.1 Å². The SMILES string of the molecule is CCC(CCN)CCCN1CCC(N2CCCCC2)CC1. The first-order valence-corrected chi connectivity index (χ1v) is 9.50. The molecule has 1 unspecified atom stereocenters. The molecule has 0 aromatic rings. The molecule has 3 heteroatoms. The fourth-order valence-corrected chi connectivity index (χ4v) is 4.18. The molecule has 1 atom stereocenters. The van der Waals surface area contributed by atoms with E-state index in [1.54, 1.807) is 0 Å². The second-order valence-electron chi connectivity index (χ2n) is 7.16. The fourth-order valence-electron chi connectivity index (χ4n) is 4.18. The highest BCUT2D eigenvalue weighted by atomic mass is 15.2. The van der Waals surface area contributed by atoms with Crippen LogP contribution in [0.25, 0.3) is 0 Å². The third-order valence-corrected chi connectivity index (χ3v) is 5.70. The predicted octanol–water partition coefficient (Wildman–Crippen LogP) is 3.09. The highest BCUT2D eigenvalue weighted by molar-refractivity contribution is 4.81. The highest BCUT2D eigenvalue weighted by Gasteiger charge is 2.25. The Labute approximate surface area is 132 Å². The fraction of sp³-hybridized carbons (Fsp3) is 1.00. The Kier molecular flexibility index (Phi) is 8.05. The van der Waals surface area contributed by atoms with E-state index in [-0.39, 0.29) is 0 Å². The zero-order valence-electron chi connectivity index (χ0n) is 14.2. The van der Waals surface area contributed by atoms with Crippen LogP contribution in [0.5, 0.6) is 0 Å². The van der Waals surface area contributed by atoms with Gasteiger partial charge >= 0.3 is 0 Å². The Bertz CT molecular complexity index is 252. The summed E-state index contributed by atoms with van der Waals surface area (Å²) in [5.74, 6) is 0.862. The van der Waals surface area contributed by atoms with Crippen molar-refractivity contribution in [3.05, 3.63) is 0 Å². The smallest absolute Gasteiger partial charge is 0.0120 e. The van der Waals surface area contributed by atoms with E-state index < -0.39 is 0 Å². The van der Waals surface area contributed by atoms with E-state index in [1.807, 2.05) is 0 Å². The van der Waals surface area contributed by atoms with Crippen LogP contribution in [0.3, 0.4) is 0 Å². The van der Waals surface area contributed by atoms with E-state index in [9.17, 15) is 0 Å². The summed E-state index contributed by atoms with van der Waals surface area (Å²) >= 11 is 0. The van der Waals surface area contributed by atoms with E-state index in [2.05, 4.69) is 16.7 Å². The lowest BCUT2D eigenvalue weighted by Gasteiger charge is -2.40. The lowest BCUT2D eigenvalue weighted by molar-refractivity contribution is 0.0912. The monoisotopic (exact) mass is 295 g/mol. The summed E-state index contributed by atoms with van der Waals surface area (Å²) in [7, 11) is 0. The Hall–Kier alpha value is -0.120. The summed E-state index contributed by atoms with van der Waals surface area (Å²) < 4.78 is 0. The molecule has 2 saturated heterocycles. The average molecular weight is 296 g/mol. The average Bonchev–Trinajstić information content (AvgIpc) is 2.55. The largest absolute Gasteiger partial charge is 0.330 e. The predicted molar refractivity (Wildman–Crippen MR) is 91.6 cm³/mol. The molecule has 2 aliphatic heterocycles. The van der Waals surface area contributed by atoms with E-state index in [4.69, 9.17) is 5.73 Å². The molecule has 2 fully saturated rings. The van der Waals surface area contributed by atoms with Gasteiger partial charge in [-0.1, -0.05) is 19.8 Å². The van der Waals surface area contributed by atoms with Crippen LogP contribution in [0.1, 0.15) is 64.7 Å². The summed E-state index contributed by atoms with van der Waals surface area (Å²) in [5.41, 5.74) is 5.69. The number of likely N-dealkylation sites (tertiary alicyclic amines) is 2. The summed E-state index contributed by atoms with van der Waals surface area (Å²) in [6.07, 6.45) is 12.4. The molecule has 0 amide bonds. The molecule has 0 aromatic carbocycles. The number of rotatable bonds is 8. The minimum atomic E-state index is 0.861. The van der Waals surface area contributed by atoms with Gasteiger partial charge in [0.2, 0.25) is 0 Å². The Morgan fingerprint density at radius 1 is 1.00 bits per heavy atom. The molecule has 21 heavy (non-hydrogen) atoms. The van der Waals surface area contributed by atoms with Crippen LogP contribution in [0, 0.1) is 5.92 Å². The van der Waals surface area contributed by atoms with Crippen LogP contribution >= 0.6 is 0 Å². The maximum atomic E-state index is 5.69. The van der Waals surface area contributed by atoms with Crippen LogP contribution in [0.2, 0.25) is 0 Å². The molecule has 0 aromatic heterocycles.